The lowest BCUT2D eigenvalue weighted by Gasteiger charge is -2.29. The van der Waals surface area contributed by atoms with Crippen LogP contribution in [0.3, 0.4) is 0 Å². The van der Waals surface area contributed by atoms with Crippen molar-refractivity contribution in [3.63, 3.8) is 0 Å². The Bertz CT molecular complexity index is 1090. The number of thioether (sulfide) groups is 1. The molecule has 6 nitrogen and oxygen atoms in total. The Morgan fingerprint density at radius 2 is 1.47 bits per heavy atom. The van der Waals surface area contributed by atoms with E-state index in [1.54, 1.807) is 36.0 Å². The fraction of sp³-hybridized carbons (Fsp3) is 0.429. The number of aliphatic hydroxyl groups is 1. The minimum atomic E-state index is -3.34. The monoisotopic (exact) mass is 470 g/mol. The minimum absolute atomic E-state index is 0.181. The third kappa shape index (κ3) is 4.91. The van der Waals surface area contributed by atoms with Gasteiger partial charge in [-0.1, -0.05) is 31.2 Å². The van der Waals surface area contributed by atoms with Crippen LogP contribution < -0.4 is 0 Å². The second-order valence-electron chi connectivity index (χ2n) is 7.56. The predicted octanol–water partition coefficient (Wildman–Crippen LogP) is 2.96. The first kappa shape index (κ1) is 23.3. The molecule has 1 aliphatic heterocycles. The van der Waals surface area contributed by atoms with Gasteiger partial charge in [-0.25, -0.2) is 16.8 Å². The largest absolute Gasteiger partial charge is 0.382 e. The molecule has 0 radical (unpaired) electrons. The van der Waals surface area contributed by atoms with E-state index in [1.165, 1.54) is 24.3 Å². The highest BCUT2D eigenvalue weighted by molar-refractivity contribution is 7.99. The average Bonchev–Trinajstić information content (AvgIpc) is 3.03. The molecule has 1 saturated heterocycles. The van der Waals surface area contributed by atoms with Gasteiger partial charge in [-0.05, 0) is 41.1 Å². The van der Waals surface area contributed by atoms with Crippen molar-refractivity contribution in [1.29, 1.82) is 0 Å². The van der Waals surface area contributed by atoms with Crippen LogP contribution in [0.4, 0.5) is 0 Å². The molecular formula is C21H26O6S3. The Morgan fingerprint density at radius 3 is 1.93 bits per heavy atom. The van der Waals surface area contributed by atoms with Gasteiger partial charge >= 0.3 is 0 Å². The van der Waals surface area contributed by atoms with Gasteiger partial charge in [-0.15, -0.1) is 0 Å². The van der Waals surface area contributed by atoms with Crippen molar-refractivity contribution in [2.75, 3.05) is 24.0 Å². The fourth-order valence-corrected chi connectivity index (χ4v) is 5.61. The van der Waals surface area contributed by atoms with Gasteiger partial charge in [-0.2, -0.15) is 11.8 Å². The van der Waals surface area contributed by atoms with Crippen molar-refractivity contribution < 1.29 is 26.7 Å². The van der Waals surface area contributed by atoms with Crippen LogP contribution in [0.25, 0.3) is 0 Å². The van der Waals surface area contributed by atoms with E-state index >= 15 is 0 Å². The smallest absolute Gasteiger partial charge is 0.175 e. The third-order valence-corrected chi connectivity index (χ3v) is 8.48. The maximum absolute atomic E-state index is 11.8. The molecule has 2 aromatic rings. The Morgan fingerprint density at radius 1 is 0.967 bits per heavy atom. The van der Waals surface area contributed by atoms with E-state index in [2.05, 4.69) is 6.92 Å². The lowest BCUT2D eigenvalue weighted by Crippen LogP contribution is -2.29. The molecule has 1 aliphatic rings. The quantitative estimate of drug-likeness (QED) is 0.664. The van der Waals surface area contributed by atoms with Gasteiger partial charge in [0, 0.05) is 24.7 Å². The SMILES string of the molecule is CCSC[C@@H]1C[C@](O)(c2ccc(S(C)(=O)=O)cc2)[C@@H](c2ccc(S(C)(=O)=O)cc2)O1. The van der Waals surface area contributed by atoms with Crippen LogP contribution in [0.1, 0.15) is 30.6 Å². The maximum Gasteiger partial charge on any atom is 0.175 e. The van der Waals surface area contributed by atoms with Gasteiger partial charge in [0.15, 0.2) is 19.7 Å². The van der Waals surface area contributed by atoms with Crippen LogP contribution >= 0.6 is 11.8 Å². The first-order chi connectivity index (χ1) is 13.9. The lowest BCUT2D eigenvalue weighted by atomic mass is 9.83. The first-order valence-electron chi connectivity index (χ1n) is 9.51. The summed E-state index contributed by atoms with van der Waals surface area (Å²) in [6, 6.07) is 12.5. The summed E-state index contributed by atoms with van der Waals surface area (Å²) in [5.74, 6) is 1.65. The molecule has 0 aromatic heterocycles. The van der Waals surface area contributed by atoms with Gasteiger partial charge in [0.25, 0.3) is 0 Å². The lowest BCUT2D eigenvalue weighted by molar-refractivity contribution is -0.0515. The molecule has 0 unspecified atom stereocenters. The summed E-state index contributed by atoms with van der Waals surface area (Å²) < 4.78 is 53.3. The molecule has 0 aliphatic carbocycles. The average molecular weight is 471 g/mol. The van der Waals surface area contributed by atoms with E-state index in [0.29, 0.717) is 17.5 Å². The van der Waals surface area contributed by atoms with Crippen LogP contribution in [-0.4, -0.2) is 52.1 Å². The van der Waals surface area contributed by atoms with E-state index in [0.717, 1.165) is 24.0 Å². The Hall–Kier alpha value is -1.39. The molecule has 0 saturated carbocycles. The Kier molecular flexibility index (Phi) is 6.69. The van der Waals surface area contributed by atoms with Crippen LogP contribution in [0.5, 0.6) is 0 Å². The van der Waals surface area contributed by atoms with Gasteiger partial charge in [0.2, 0.25) is 0 Å². The molecule has 164 valence electrons. The molecule has 1 N–H and O–H groups in total. The van der Waals surface area contributed by atoms with Crippen LogP contribution in [-0.2, 0) is 30.0 Å². The van der Waals surface area contributed by atoms with E-state index in [1.807, 2.05) is 0 Å². The first-order valence-corrected chi connectivity index (χ1v) is 14.4. The number of benzene rings is 2. The van der Waals surface area contributed by atoms with Crippen molar-refractivity contribution in [3.8, 4) is 0 Å². The molecular weight excluding hydrogens is 444 g/mol. The molecule has 3 rings (SSSR count). The molecule has 0 bridgehead atoms. The van der Waals surface area contributed by atoms with Crippen LogP contribution in [0.2, 0.25) is 0 Å². The number of hydrogen-bond acceptors (Lipinski definition) is 7. The van der Waals surface area contributed by atoms with Gasteiger partial charge in [0.1, 0.15) is 11.7 Å². The summed E-state index contributed by atoms with van der Waals surface area (Å²) in [5.41, 5.74) is -0.126. The highest BCUT2D eigenvalue weighted by Gasteiger charge is 2.49. The molecule has 9 heteroatoms. The summed E-state index contributed by atoms with van der Waals surface area (Å²) in [5, 5.41) is 11.7. The number of ether oxygens (including phenoxy) is 1. The van der Waals surface area contributed by atoms with E-state index in [9.17, 15) is 21.9 Å². The van der Waals surface area contributed by atoms with Gasteiger partial charge < -0.3 is 9.84 Å². The number of hydrogen-bond donors (Lipinski definition) is 1. The normalized spacial score (nSPS) is 24.8. The summed E-state index contributed by atoms with van der Waals surface area (Å²) >= 11 is 1.72. The summed E-state index contributed by atoms with van der Waals surface area (Å²) in [4.78, 5) is 0.379. The van der Waals surface area contributed by atoms with E-state index in [-0.39, 0.29) is 15.9 Å². The van der Waals surface area contributed by atoms with Crippen LogP contribution in [0.15, 0.2) is 58.3 Å². The third-order valence-electron chi connectivity index (χ3n) is 5.20. The number of sulfone groups is 2. The van der Waals surface area contributed by atoms with Crippen molar-refractivity contribution in [1.82, 2.24) is 0 Å². The summed E-state index contributed by atoms with van der Waals surface area (Å²) in [7, 11) is -6.67. The zero-order chi connectivity index (χ0) is 22.2. The molecule has 2 aromatic carbocycles. The standard InChI is InChI=1S/C21H26O6S3/c1-4-28-14-17-13-21(22,16-7-11-19(12-8-16)30(3,25)26)20(27-17)15-5-9-18(10-6-15)29(2,23)24/h5-12,17,20,22H,4,13-14H2,1-3H3/t17-,20+,21-/m0/s1. The molecule has 1 heterocycles. The fourth-order valence-electron chi connectivity index (χ4n) is 3.66. The van der Waals surface area contributed by atoms with E-state index < -0.39 is 31.4 Å². The maximum atomic E-state index is 11.8. The Balaban J connectivity index is 2.00. The zero-order valence-corrected chi connectivity index (χ0v) is 19.6. The van der Waals surface area contributed by atoms with E-state index in [4.69, 9.17) is 4.74 Å². The summed E-state index contributed by atoms with van der Waals surface area (Å²) in [6.45, 7) is 2.05. The summed E-state index contributed by atoms with van der Waals surface area (Å²) in [6.07, 6.45) is 1.76. The number of rotatable bonds is 7. The molecule has 1 fully saturated rings. The second-order valence-corrected chi connectivity index (χ2v) is 12.9. The zero-order valence-electron chi connectivity index (χ0n) is 17.1. The Labute approximate surface area is 182 Å². The van der Waals surface area contributed by atoms with Crippen molar-refractivity contribution in [2.24, 2.45) is 0 Å². The van der Waals surface area contributed by atoms with Crippen LogP contribution in [0, 0.1) is 0 Å². The van der Waals surface area contributed by atoms with Crippen molar-refractivity contribution in [2.45, 2.75) is 40.9 Å². The molecule has 0 spiro atoms. The molecule has 0 amide bonds. The topological polar surface area (TPSA) is 97.7 Å². The highest BCUT2D eigenvalue weighted by atomic mass is 32.2. The predicted molar refractivity (Wildman–Crippen MR) is 118 cm³/mol. The van der Waals surface area contributed by atoms with Crippen molar-refractivity contribution >= 4 is 31.4 Å². The van der Waals surface area contributed by atoms with Crippen molar-refractivity contribution in [3.05, 3.63) is 59.7 Å². The second kappa shape index (κ2) is 8.63. The van der Waals surface area contributed by atoms with Gasteiger partial charge in [0.05, 0.1) is 15.9 Å². The molecule has 3 atom stereocenters. The minimum Gasteiger partial charge on any atom is -0.382 e. The highest BCUT2D eigenvalue weighted by Crippen LogP contribution is 2.49. The molecule has 30 heavy (non-hydrogen) atoms. The van der Waals surface area contributed by atoms with Gasteiger partial charge in [-0.3, -0.25) is 0 Å².